The molecule has 1 N–H and O–H groups in total. The molecule has 2 unspecified atom stereocenters. The quantitative estimate of drug-likeness (QED) is 0.803. The zero-order valence-electron chi connectivity index (χ0n) is 9.72. The van der Waals surface area contributed by atoms with Gasteiger partial charge < -0.3 is 5.11 Å². The van der Waals surface area contributed by atoms with Crippen molar-refractivity contribution in [2.24, 2.45) is 5.92 Å². The van der Waals surface area contributed by atoms with Crippen molar-refractivity contribution in [2.45, 2.75) is 39.2 Å². The van der Waals surface area contributed by atoms with Gasteiger partial charge in [0.1, 0.15) is 0 Å². The summed E-state index contributed by atoms with van der Waals surface area (Å²) < 4.78 is 25.2. The van der Waals surface area contributed by atoms with E-state index in [1.165, 1.54) is 4.31 Å². The molecule has 0 radical (unpaired) electrons. The normalized spacial score (nSPS) is 27.9. The first-order chi connectivity index (χ1) is 7.33. The minimum absolute atomic E-state index is 0.0115. The van der Waals surface area contributed by atoms with E-state index in [4.69, 9.17) is 5.11 Å². The molecule has 16 heavy (non-hydrogen) atoms. The number of sulfonamides is 1. The first-order valence-corrected chi connectivity index (χ1v) is 7.15. The van der Waals surface area contributed by atoms with Gasteiger partial charge in [0.2, 0.25) is 10.0 Å². The van der Waals surface area contributed by atoms with Gasteiger partial charge in [0, 0.05) is 12.6 Å². The van der Waals surface area contributed by atoms with Crippen LogP contribution in [0.25, 0.3) is 0 Å². The van der Waals surface area contributed by atoms with E-state index >= 15 is 0 Å². The number of hydrogen-bond donors (Lipinski definition) is 1. The van der Waals surface area contributed by atoms with E-state index < -0.39 is 16.0 Å². The van der Waals surface area contributed by atoms with Crippen LogP contribution in [0.3, 0.4) is 0 Å². The van der Waals surface area contributed by atoms with Gasteiger partial charge in [0.15, 0.2) is 0 Å². The Morgan fingerprint density at radius 2 is 2.06 bits per heavy atom. The molecule has 1 rings (SSSR count). The van der Waals surface area contributed by atoms with Crippen LogP contribution in [0, 0.1) is 5.92 Å². The van der Waals surface area contributed by atoms with Crippen molar-refractivity contribution in [2.75, 3.05) is 12.3 Å². The third-order valence-corrected chi connectivity index (χ3v) is 4.99. The molecule has 1 fully saturated rings. The zero-order valence-corrected chi connectivity index (χ0v) is 10.5. The van der Waals surface area contributed by atoms with Crippen LogP contribution in [0.5, 0.6) is 0 Å². The van der Waals surface area contributed by atoms with E-state index in [0.29, 0.717) is 12.5 Å². The molecule has 1 aliphatic heterocycles. The van der Waals surface area contributed by atoms with Crippen molar-refractivity contribution in [3.63, 3.8) is 0 Å². The summed E-state index contributed by atoms with van der Waals surface area (Å²) in [6, 6.07) is -0.0115. The Morgan fingerprint density at radius 1 is 1.44 bits per heavy atom. The predicted octanol–water partition coefficient (Wildman–Crippen LogP) is 0.911. The molecule has 0 saturated carbocycles. The highest BCUT2D eigenvalue weighted by atomic mass is 32.2. The average Bonchev–Trinajstić information content (AvgIpc) is 2.14. The van der Waals surface area contributed by atoms with Crippen LogP contribution in [-0.2, 0) is 14.8 Å². The number of piperidine rings is 1. The molecule has 5 nitrogen and oxygen atoms in total. The van der Waals surface area contributed by atoms with Crippen LogP contribution < -0.4 is 0 Å². The van der Waals surface area contributed by atoms with Crippen LogP contribution >= 0.6 is 0 Å². The monoisotopic (exact) mass is 249 g/mol. The molecule has 2 atom stereocenters. The van der Waals surface area contributed by atoms with Crippen LogP contribution in [0.4, 0.5) is 0 Å². The summed E-state index contributed by atoms with van der Waals surface area (Å²) in [5, 5.41) is 8.50. The summed E-state index contributed by atoms with van der Waals surface area (Å²) in [4.78, 5) is 10.4. The summed E-state index contributed by atoms with van der Waals surface area (Å²) in [6.45, 7) is 4.51. The lowest BCUT2D eigenvalue weighted by molar-refractivity contribution is -0.136. The molecule has 1 aliphatic rings. The lowest BCUT2D eigenvalue weighted by atomic mass is 9.95. The van der Waals surface area contributed by atoms with E-state index in [-0.39, 0.29) is 18.2 Å². The number of nitrogens with zero attached hydrogens (tertiary/aromatic N) is 1. The lowest BCUT2D eigenvalue weighted by Gasteiger charge is -2.35. The summed E-state index contributed by atoms with van der Waals surface area (Å²) >= 11 is 0. The van der Waals surface area contributed by atoms with Gasteiger partial charge in [0.05, 0.1) is 12.2 Å². The lowest BCUT2D eigenvalue weighted by Crippen LogP contribution is -2.45. The highest BCUT2D eigenvalue weighted by molar-refractivity contribution is 7.89. The van der Waals surface area contributed by atoms with Crippen molar-refractivity contribution in [1.29, 1.82) is 0 Å². The fourth-order valence-corrected chi connectivity index (χ4v) is 3.82. The third kappa shape index (κ3) is 3.45. The largest absolute Gasteiger partial charge is 0.481 e. The number of rotatable bonds is 4. The molecule has 0 aromatic heterocycles. The van der Waals surface area contributed by atoms with Gasteiger partial charge >= 0.3 is 5.97 Å². The highest BCUT2D eigenvalue weighted by Crippen LogP contribution is 2.24. The number of carboxylic acid groups (broad SMARTS) is 1. The molecule has 1 saturated heterocycles. The molecule has 0 bridgehead atoms. The van der Waals surface area contributed by atoms with Crippen molar-refractivity contribution in [1.82, 2.24) is 4.31 Å². The zero-order chi connectivity index (χ0) is 12.3. The smallest absolute Gasteiger partial charge is 0.304 e. The maximum absolute atomic E-state index is 11.9. The van der Waals surface area contributed by atoms with E-state index in [9.17, 15) is 13.2 Å². The van der Waals surface area contributed by atoms with Gasteiger partial charge in [-0.05, 0) is 25.7 Å². The third-order valence-electron chi connectivity index (χ3n) is 3.01. The Bertz CT molecular complexity index is 352. The van der Waals surface area contributed by atoms with Crippen LogP contribution in [0.2, 0.25) is 0 Å². The van der Waals surface area contributed by atoms with E-state index in [0.717, 1.165) is 12.8 Å². The molecule has 6 heteroatoms. The van der Waals surface area contributed by atoms with E-state index in [1.807, 2.05) is 6.92 Å². The highest BCUT2D eigenvalue weighted by Gasteiger charge is 2.31. The van der Waals surface area contributed by atoms with Gasteiger partial charge in [-0.2, -0.15) is 4.31 Å². The second-order valence-electron chi connectivity index (χ2n) is 4.55. The van der Waals surface area contributed by atoms with Crippen LogP contribution in [0.1, 0.15) is 33.1 Å². The van der Waals surface area contributed by atoms with Gasteiger partial charge in [-0.3, -0.25) is 4.79 Å². The minimum atomic E-state index is -3.40. The van der Waals surface area contributed by atoms with Gasteiger partial charge in [0.25, 0.3) is 0 Å². The maximum atomic E-state index is 11.9. The van der Waals surface area contributed by atoms with Crippen molar-refractivity contribution in [3.05, 3.63) is 0 Å². The molecule has 0 aromatic rings. The summed E-state index contributed by atoms with van der Waals surface area (Å²) in [5.41, 5.74) is 0. The fourth-order valence-electron chi connectivity index (χ4n) is 2.13. The summed E-state index contributed by atoms with van der Waals surface area (Å²) in [7, 11) is -3.40. The molecular weight excluding hydrogens is 230 g/mol. The van der Waals surface area contributed by atoms with Crippen molar-refractivity contribution in [3.8, 4) is 0 Å². The Labute approximate surface area is 96.5 Å². The van der Waals surface area contributed by atoms with Gasteiger partial charge in [-0.25, -0.2) is 8.42 Å². The number of carboxylic acids is 1. The van der Waals surface area contributed by atoms with Crippen molar-refractivity contribution < 1.29 is 18.3 Å². The standard InChI is InChI=1S/C10H19NO4S/c1-8-3-5-11(9(2)7-8)16(14,15)6-4-10(12)13/h8-9H,3-7H2,1-2H3,(H,12,13). The second-order valence-corrected chi connectivity index (χ2v) is 6.59. The Hall–Kier alpha value is -0.620. The van der Waals surface area contributed by atoms with E-state index in [1.54, 1.807) is 0 Å². The molecule has 0 aliphatic carbocycles. The first kappa shape index (κ1) is 13.4. The van der Waals surface area contributed by atoms with Crippen LogP contribution in [-0.4, -0.2) is 42.1 Å². The van der Waals surface area contributed by atoms with Gasteiger partial charge in [-0.15, -0.1) is 0 Å². The molecule has 94 valence electrons. The van der Waals surface area contributed by atoms with Crippen molar-refractivity contribution >= 4 is 16.0 Å². The fraction of sp³-hybridized carbons (Fsp3) is 0.900. The minimum Gasteiger partial charge on any atom is -0.481 e. The van der Waals surface area contributed by atoms with Crippen LogP contribution in [0.15, 0.2) is 0 Å². The SMILES string of the molecule is CC1CCN(S(=O)(=O)CCC(=O)O)C(C)C1. The van der Waals surface area contributed by atoms with Gasteiger partial charge in [-0.1, -0.05) is 6.92 Å². The molecule has 0 spiro atoms. The molecule has 0 aromatic carbocycles. The summed E-state index contributed by atoms with van der Waals surface area (Å²) in [6.07, 6.45) is 1.39. The molecular formula is C10H19NO4S. The molecule has 1 heterocycles. The topological polar surface area (TPSA) is 74.7 Å². The first-order valence-electron chi connectivity index (χ1n) is 5.54. The Kier molecular flexibility index (Phi) is 4.32. The second kappa shape index (κ2) is 5.14. The maximum Gasteiger partial charge on any atom is 0.304 e. The average molecular weight is 249 g/mol. The van der Waals surface area contributed by atoms with E-state index in [2.05, 4.69) is 6.92 Å². The Balaban J connectivity index is 2.65. The number of hydrogen-bond acceptors (Lipinski definition) is 3. The Morgan fingerprint density at radius 3 is 2.56 bits per heavy atom. The molecule has 0 amide bonds. The number of carbonyl (C=O) groups is 1. The summed E-state index contributed by atoms with van der Waals surface area (Å²) in [5.74, 6) is -0.816. The predicted molar refractivity (Wildman–Crippen MR) is 60.6 cm³/mol. The number of aliphatic carboxylic acids is 1.